The molecule has 1 aliphatic rings. The van der Waals surface area contributed by atoms with Gasteiger partial charge in [-0.1, -0.05) is 48.5 Å². The number of aromatic amines is 2. The number of pyridine rings is 1. The van der Waals surface area contributed by atoms with Gasteiger partial charge < -0.3 is 24.8 Å². The first-order chi connectivity index (χ1) is 37.1. The van der Waals surface area contributed by atoms with Crippen molar-refractivity contribution in [2.45, 2.75) is 39.7 Å². The van der Waals surface area contributed by atoms with E-state index in [-0.39, 0.29) is 57.4 Å². The van der Waals surface area contributed by atoms with Gasteiger partial charge in [-0.15, -0.1) is 0 Å². The first kappa shape index (κ1) is 50.9. The molecule has 10 aromatic rings. The molecule has 11 rings (SSSR count). The summed E-state index contributed by atoms with van der Waals surface area (Å²) < 4.78 is 60.5. The number of benzene rings is 5. The van der Waals surface area contributed by atoms with Gasteiger partial charge in [0.2, 0.25) is 5.95 Å². The van der Waals surface area contributed by atoms with Gasteiger partial charge in [0, 0.05) is 61.4 Å². The lowest BCUT2D eigenvalue weighted by Crippen LogP contribution is -2.49. The number of aromatic carboxylic acids is 1. The number of fused-ring (bicyclic) bond motifs is 3. The Labute approximate surface area is 434 Å². The molecule has 21 heteroatoms. The predicted octanol–water partition coefficient (Wildman–Crippen LogP) is 9.08. The molecule has 5 aromatic carbocycles. The van der Waals surface area contributed by atoms with Crippen LogP contribution in [0.25, 0.3) is 43.8 Å². The van der Waals surface area contributed by atoms with Crippen LogP contribution in [0.5, 0.6) is 0 Å². The van der Waals surface area contributed by atoms with Gasteiger partial charge in [-0.05, 0) is 92.6 Å². The number of piperazine rings is 1. The molecule has 1 amide bonds. The highest BCUT2D eigenvalue weighted by Crippen LogP contribution is 2.31. The van der Waals surface area contributed by atoms with Gasteiger partial charge >= 0.3 is 5.97 Å². The third-order valence-electron chi connectivity index (χ3n) is 13.2. The molecule has 1 saturated heterocycles. The van der Waals surface area contributed by atoms with Crippen molar-refractivity contribution in [1.29, 1.82) is 0 Å². The molecular formula is C56H46F4N12O5. The molecule has 0 bridgehead atoms. The van der Waals surface area contributed by atoms with E-state index in [4.69, 9.17) is 5.11 Å². The Bertz CT molecular complexity index is 4050. The summed E-state index contributed by atoms with van der Waals surface area (Å²) in [6.45, 7) is 7.46. The Kier molecular flexibility index (Phi) is 14.1. The number of hydrogen-bond donors (Lipinski definition) is 4. The summed E-state index contributed by atoms with van der Waals surface area (Å²) in [5, 5.41) is 27.5. The normalized spacial score (nSPS) is 12.6. The van der Waals surface area contributed by atoms with Crippen LogP contribution >= 0.6 is 0 Å². The second-order valence-electron chi connectivity index (χ2n) is 18.5. The quantitative estimate of drug-likeness (QED) is 0.0890. The molecule has 1 aliphatic heterocycles. The molecule has 4 N–H and O–H groups in total. The summed E-state index contributed by atoms with van der Waals surface area (Å²) in [7, 11) is 0. The van der Waals surface area contributed by atoms with Crippen LogP contribution in [0.2, 0.25) is 0 Å². The average molecular weight is 1040 g/mol. The zero-order valence-corrected chi connectivity index (χ0v) is 41.5. The summed E-state index contributed by atoms with van der Waals surface area (Å²) >= 11 is 0. The van der Waals surface area contributed by atoms with Crippen molar-refractivity contribution in [3.8, 4) is 11.3 Å². The van der Waals surface area contributed by atoms with E-state index in [9.17, 15) is 23.6 Å². The van der Waals surface area contributed by atoms with Crippen molar-refractivity contribution in [3.05, 3.63) is 205 Å². The molecule has 0 aliphatic carbocycles. The Morgan fingerprint density at radius 2 is 1.25 bits per heavy atom. The van der Waals surface area contributed by atoms with Crippen LogP contribution in [0.1, 0.15) is 68.9 Å². The van der Waals surface area contributed by atoms with Crippen molar-refractivity contribution in [2.24, 2.45) is 0 Å². The Balaban J connectivity index is 0.000000254. The second-order valence-corrected chi connectivity index (χ2v) is 18.5. The number of imidazole rings is 1. The number of rotatable bonds is 11. The van der Waals surface area contributed by atoms with E-state index in [2.05, 4.69) is 50.5 Å². The molecule has 388 valence electrons. The maximum Gasteiger partial charge on any atom is 0.338 e. The number of hydrogen-bond acceptors (Lipinski definition) is 12. The number of carbonyl (C=O) groups excluding carboxylic acids is 1. The molecule has 1 fully saturated rings. The number of aromatic nitrogens is 9. The minimum absolute atomic E-state index is 0.0154. The van der Waals surface area contributed by atoms with E-state index in [1.54, 1.807) is 78.7 Å². The summed E-state index contributed by atoms with van der Waals surface area (Å²) in [5.41, 5.74) is 3.28. The molecule has 0 unspecified atom stereocenters. The van der Waals surface area contributed by atoms with E-state index in [1.165, 1.54) is 24.3 Å². The number of halogens is 4. The topological polar surface area (TPSA) is 221 Å². The number of carboxylic acids is 1. The lowest BCUT2D eigenvalue weighted by atomic mass is 10.0. The minimum atomic E-state index is -1.32. The largest absolute Gasteiger partial charge is 0.478 e. The lowest BCUT2D eigenvalue weighted by molar-refractivity contribution is 0.0690. The van der Waals surface area contributed by atoms with Crippen molar-refractivity contribution < 1.29 is 32.3 Å². The van der Waals surface area contributed by atoms with Crippen molar-refractivity contribution in [3.63, 3.8) is 0 Å². The van der Waals surface area contributed by atoms with E-state index < -0.39 is 35.1 Å². The van der Waals surface area contributed by atoms with Crippen LogP contribution < -0.4 is 21.3 Å². The zero-order valence-electron chi connectivity index (χ0n) is 41.5. The van der Waals surface area contributed by atoms with Crippen LogP contribution in [0.4, 0.5) is 35.0 Å². The molecule has 0 saturated carbocycles. The van der Waals surface area contributed by atoms with E-state index in [0.29, 0.717) is 93.8 Å². The summed E-state index contributed by atoms with van der Waals surface area (Å²) in [4.78, 5) is 69.4. The van der Waals surface area contributed by atoms with Crippen molar-refractivity contribution in [1.82, 2.24) is 49.8 Å². The number of anilines is 3. The molecule has 0 spiro atoms. The molecule has 0 atom stereocenters. The Hall–Kier alpha value is -9.66. The first-order valence-electron chi connectivity index (χ1n) is 24.3. The number of nitrogens with one attached hydrogen (secondary N) is 3. The number of carboxylic acid groups (broad SMARTS) is 1. The van der Waals surface area contributed by atoms with E-state index in [0.717, 1.165) is 18.0 Å². The van der Waals surface area contributed by atoms with Gasteiger partial charge in [-0.3, -0.25) is 14.4 Å². The Morgan fingerprint density at radius 3 is 1.82 bits per heavy atom. The second kappa shape index (κ2) is 21.3. The van der Waals surface area contributed by atoms with Crippen molar-refractivity contribution >= 4 is 61.9 Å². The minimum Gasteiger partial charge on any atom is -0.478 e. The summed E-state index contributed by atoms with van der Waals surface area (Å²) in [5.74, 6) is -3.25. The molecule has 77 heavy (non-hydrogen) atoms. The fourth-order valence-corrected chi connectivity index (χ4v) is 9.48. The first-order valence-corrected chi connectivity index (χ1v) is 24.3. The standard InChI is InChI=1S/C40H35F3N10O2.C16H11FN2O3/c1-22(2)53-23(3)46-37-31(42)18-25(19-34(37)53)36-32(43)21-45-40(48-36)47-35-11-9-26(20-44-35)51-12-14-52(15-13-51)39(55)29-16-24(8-10-30(29)41)17-33-27-6-4-5-7-28(27)38(54)50-49-33;17-13-6-5-9(7-12(13)16(21)22)8-14-10-3-1-2-4-11(10)15(20)19-18-14/h4-11,16,18-22H,12-15,17H2,1-3H3,(H,50,54)(H,44,45,47,48);1-7H,8H2,(H,19,20)(H,21,22). The summed E-state index contributed by atoms with van der Waals surface area (Å²) in [6.07, 6.45) is 3.29. The highest BCUT2D eigenvalue weighted by Gasteiger charge is 2.26. The Morgan fingerprint density at radius 1 is 0.662 bits per heavy atom. The van der Waals surface area contributed by atoms with Crippen LogP contribution in [0, 0.1) is 30.2 Å². The molecule has 5 aromatic heterocycles. The zero-order chi connectivity index (χ0) is 54.1. The van der Waals surface area contributed by atoms with E-state index in [1.807, 2.05) is 36.6 Å². The maximum absolute atomic E-state index is 15.1. The van der Waals surface area contributed by atoms with Gasteiger partial charge in [-0.25, -0.2) is 52.5 Å². The highest BCUT2D eigenvalue weighted by molar-refractivity contribution is 5.95. The average Bonchev–Trinajstić information content (AvgIpc) is 3.80. The van der Waals surface area contributed by atoms with Crippen LogP contribution in [-0.2, 0) is 12.8 Å². The van der Waals surface area contributed by atoms with Gasteiger partial charge in [0.15, 0.2) is 11.6 Å². The van der Waals surface area contributed by atoms with Crippen LogP contribution in [0.3, 0.4) is 0 Å². The summed E-state index contributed by atoms with van der Waals surface area (Å²) in [6, 6.07) is 29.0. The molecule has 6 heterocycles. The third-order valence-corrected chi connectivity index (χ3v) is 13.2. The fraction of sp³-hybridized carbons (Fsp3) is 0.179. The fourth-order valence-electron chi connectivity index (χ4n) is 9.48. The number of H-pyrrole nitrogens is 2. The number of amides is 1. The van der Waals surface area contributed by atoms with Crippen LogP contribution in [-0.4, -0.2) is 93.0 Å². The molecule has 17 nitrogen and oxygen atoms in total. The van der Waals surface area contributed by atoms with Gasteiger partial charge in [-0.2, -0.15) is 10.2 Å². The smallest absolute Gasteiger partial charge is 0.338 e. The van der Waals surface area contributed by atoms with Gasteiger partial charge in [0.25, 0.3) is 17.0 Å². The van der Waals surface area contributed by atoms with Gasteiger partial charge in [0.05, 0.1) is 56.9 Å². The molecule has 0 radical (unpaired) electrons. The number of nitrogens with zero attached hydrogens (tertiary/aromatic N) is 9. The highest BCUT2D eigenvalue weighted by atomic mass is 19.1. The number of aryl methyl sites for hydroxylation is 1. The molecular weight excluding hydrogens is 997 g/mol. The number of carbonyl (C=O) groups is 2. The monoisotopic (exact) mass is 1040 g/mol. The lowest BCUT2D eigenvalue weighted by Gasteiger charge is -2.36. The van der Waals surface area contributed by atoms with E-state index >= 15 is 13.2 Å². The predicted molar refractivity (Wildman–Crippen MR) is 282 cm³/mol. The SMILES string of the molecule is Cc1nc2c(F)cc(-c3nc(Nc4ccc(N5CCN(C(=O)c6cc(Cc7n[nH]c(=O)c8ccccc78)ccc6F)CC5)cn4)ncc3F)cc2n1C(C)C.O=C(O)c1cc(Cc2n[nH]c(=O)c3ccccc23)ccc1F. The van der Waals surface area contributed by atoms with Crippen LogP contribution in [0.15, 0.2) is 131 Å². The maximum atomic E-state index is 15.1. The van der Waals surface area contributed by atoms with Gasteiger partial charge in [0.1, 0.15) is 34.5 Å². The third kappa shape index (κ3) is 10.6. The van der Waals surface area contributed by atoms with Crippen molar-refractivity contribution in [2.75, 3.05) is 36.4 Å².